The van der Waals surface area contributed by atoms with Crippen LogP contribution in [0.3, 0.4) is 0 Å². The standard InChI is InChI=1S/C12H16ClN3OS/c1-7(2)16(6-10(14)17)9-5-3-4-8(13)11(9)12(15)18/h3-5,7H,6H2,1-2H3,(H2,14,17)(H2,15,18). The lowest BCUT2D eigenvalue weighted by Crippen LogP contribution is -2.39. The summed E-state index contributed by atoms with van der Waals surface area (Å²) < 4.78 is 0. The van der Waals surface area contributed by atoms with E-state index in [1.54, 1.807) is 12.1 Å². The maximum absolute atomic E-state index is 11.1. The summed E-state index contributed by atoms with van der Waals surface area (Å²) in [5.41, 5.74) is 12.2. The maximum atomic E-state index is 11.1. The molecule has 4 nitrogen and oxygen atoms in total. The van der Waals surface area contributed by atoms with Gasteiger partial charge in [-0.05, 0) is 26.0 Å². The van der Waals surface area contributed by atoms with E-state index < -0.39 is 5.91 Å². The highest BCUT2D eigenvalue weighted by Gasteiger charge is 2.19. The second-order valence-corrected chi connectivity index (χ2v) is 5.03. The Hall–Kier alpha value is -1.33. The number of primary amides is 1. The van der Waals surface area contributed by atoms with E-state index in [1.165, 1.54) is 0 Å². The van der Waals surface area contributed by atoms with Crippen LogP contribution in [0, 0.1) is 0 Å². The van der Waals surface area contributed by atoms with E-state index in [-0.39, 0.29) is 17.6 Å². The highest BCUT2D eigenvalue weighted by Crippen LogP contribution is 2.28. The normalized spacial score (nSPS) is 10.4. The van der Waals surface area contributed by atoms with Crippen molar-refractivity contribution in [3.63, 3.8) is 0 Å². The van der Waals surface area contributed by atoms with Gasteiger partial charge >= 0.3 is 0 Å². The molecule has 0 bridgehead atoms. The number of benzene rings is 1. The Bertz CT molecular complexity index is 476. The fourth-order valence-corrected chi connectivity index (χ4v) is 2.25. The third kappa shape index (κ3) is 3.34. The van der Waals surface area contributed by atoms with Gasteiger partial charge in [-0.2, -0.15) is 0 Å². The third-order valence-corrected chi connectivity index (χ3v) is 3.02. The molecule has 0 aliphatic heterocycles. The number of thiocarbonyl (C=S) groups is 1. The van der Waals surface area contributed by atoms with Crippen molar-refractivity contribution in [2.24, 2.45) is 11.5 Å². The first kappa shape index (κ1) is 14.7. The van der Waals surface area contributed by atoms with E-state index in [0.717, 1.165) is 5.69 Å². The molecule has 0 saturated carbocycles. The fraction of sp³-hybridized carbons (Fsp3) is 0.333. The molecule has 6 heteroatoms. The zero-order valence-corrected chi connectivity index (χ0v) is 11.9. The van der Waals surface area contributed by atoms with Crippen molar-refractivity contribution in [2.75, 3.05) is 11.4 Å². The molecule has 0 radical (unpaired) electrons. The van der Waals surface area contributed by atoms with E-state index in [4.69, 9.17) is 35.3 Å². The number of halogens is 1. The number of amides is 1. The molecule has 0 aliphatic carbocycles. The lowest BCUT2D eigenvalue weighted by molar-refractivity contribution is -0.116. The summed E-state index contributed by atoms with van der Waals surface area (Å²) >= 11 is 11.1. The Morgan fingerprint density at radius 1 is 1.44 bits per heavy atom. The van der Waals surface area contributed by atoms with Crippen LogP contribution < -0.4 is 16.4 Å². The van der Waals surface area contributed by atoms with Crippen LogP contribution in [0.2, 0.25) is 5.02 Å². The Kier molecular flexibility index (Phi) is 4.93. The van der Waals surface area contributed by atoms with Gasteiger partial charge < -0.3 is 16.4 Å². The Labute approximate surface area is 117 Å². The lowest BCUT2D eigenvalue weighted by atomic mass is 10.1. The lowest BCUT2D eigenvalue weighted by Gasteiger charge is -2.29. The Morgan fingerprint density at radius 3 is 2.50 bits per heavy atom. The van der Waals surface area contributed by atoms with Crippen LogP contribution >= 0.6 is 23.8 Å². The van der Waals surface area contributed by atoms with Gasteiger partial charge in [-0.15, -0.1) is 0 Å². The van der Waals surface area contributed by atoms with Gasteiger partial charge in [0.05, 0.1) is 17.1 Å². The molecule has 0 unspecified atom stereocenters. The average molecular weight is 286 g/mol. The summed E-state index contributed by atoms with van der Waals surface area (Å²) in [5, 5.41) is 0.468. The first-order valence-corrected chi connectivity index (χ1v) is 6.26. The van der Waals surface area contributed by atoms with Gasteiger partial charge in [0.2, 0.25) is 5.91 Å². The van der Waals surface area contributed by atoms with Crippen LogP contribution in [-0.2, 0) is 4.79 Å². The number of nitrogens with two attached hydrogens (primary N) is 2. The Morgan fingerprint density at radius 2 is 2.06 bits per heavy atom. The van der Waals surface area contributed by atoms with Crippen LogP contribution in [-0.4, -0.2) is 23.5 Å². The molecular weight excluding hydrogens is 270 g/mol. The van der Waals surface area contributed by atoms with Crippen LogP contribution in [0.15, 0.2) is 18.2 Å². The van der Waals surface area contributed by atoms with E-state index >= 15 is 0 Å². The zero-order valence-electron chi connectivity index (χ0n) is 10.3. The predicted molar refractivity (Wildman–Crippen MR) is 79.0 cm³/mol. The number of hydrogen-bond acceptors (Lipinski definition) is 3. The molecular formula is C12H16ClN3OS. The molecule has 4 N–H and O–H groups in total. The summed E-state index contributed by atoms with van der Waals surface area (Å²) in [5.74, 6) is -0.419. The van der Waals surface area contributed by atoms with Crippen LogP contribution in [0.4, 0.5) is 5.69 Å². The third-order valence-electron chi connectivity index (χ3n) is 2.50. The SMILES string of the molecule is CC(C)N(CC(N)=O)c1cccc(Cl)c1C(N)=S. The smallest absolute Gasteiger partial charge is 0.236 e. The molecule has 0 fully saturated rings. The predicted octanol–water partition coefficient (Wildman–Crippen LogP) is 1.67. The molecule has 1 rings (SSSR count). The van der Waals surface area contributed by atoms with Gasteiger partial charge in [-0.3, -0.25) is 4.79 Å². The minimum atomic E-state index is -0.419. The van der Waals surface area contributed by atoms with Crippen molar-refractivity contribution in [1.29, 1.82) is 0 Å². The number of carbonyl (C=O) groups excluding carboxylic acids is 1. The van der Waals surface area contributed by atoms with Crippen molar-refractivity contribution in [2.45, 2.75) is 19.9 Å². The van der Waals surface area contributed by atoms with Gasteiger partial charge in [0.1, 0.15) is 4.99 Å². The summed E-state index contributed by atoms with van der Waals surface area (Å²) in [4.78, 5) is 13.2. The van der Waals surface area contributed by atoms with Crippen molar-refractivity contribution < 1.29 is 4.79 Å². The van der Waals surface area contributed by atoms with Crippen molar-refractivity contribution in [3.8, 4) is 0 Å². The largest absolute Gasteiger partial charge is 0.389 e. The van der Waals surface area contributed by atoms with Crippen LogP contribution in [0.5, 0.6) is 0 Å². The minimum Gasteiger partial charge on any atom is -0.389 e. The van der Waals surface area contributed by atoms with E-state index in [9.17, 15) is 4.79 Å². The molecule has 1 amide bonds. The second-order valence-electron chi connectivity index (χ2n) is 4.19. The number of hydrogen-bond donors (Lipinski definition) is 2. The fourth-order valence-electron chi connectivity index (χ4n) is 1.71. The molecule has 0 aliphatic rings. The molecule has 0 aromatic heterocycles. The van der Waals surface area contributed by atoms with E-state index in [1.807, 2.05) is 24.8 Å². The van der Waals surface area contributed by atoms with Gasteiger partial charge in [0, 0.05) is 11.7 Å². The Balaban J connectivity index is 3.32. The molecule has 0 atom stereocenters. The number of carbonyl (C=O) groups is 1. The van der Waals surface area contributed by atoms with Gasteiger partial charge in [-0.25, -0.2) is 0 Å². The van der Waals surface area contributed by atoms with Gasteiger partial charge in [0.25, 0.3) is 0 Å². The zero-order chi connectivity index (χ0) is 13.9. The van der Waals surface area contributed by atoms with Crippen molar-refractivity contribution in [1.82, 2.24) is 0 Å². The molecule has 0 heterocycles. The monoisotopic (exact) mass is 285 g/mol. The number of rotatable bonds is 5. The summed E-state index contributed by atoms with van der Waals surface area (Å²) in [6.07, 6.45) is 0. The minimum absolute atomic E-state index is 0.0732. The molecule has 0 saturated heterocycles. The molecule has 98 valence electrons. The molecule has 18 heavy (non-hydrogen) atoms. The van der Waals surface area contributed by atoms with E-state index in [0.29, 0.717) is 10.6 Å². The summed E-state index contributed by atoms with van der Waals surface area (Å²) in [6, 6.07) is 5.39. The molecule has 1 aromatic carbocycles. The first-order chi connectivity index (χ1) is 8.34. The molecule has 0 spiro atoms. The number of nitrogens with zero attached hydrogens (tertiary/aromatic N) is 1. The highest BCUT2D eigenvalue weighted by molar-refractivity contribution is 7.80. The average Bonchev–Trinajstić information content (AvgIpc) is 2.24. The molecule has 1 aromatic rings. The first-order valence-electron chi connectivity index (χ1n) is 5.47. The van der Waals surface area contributed by atoms with Crippen molar-refractivity contribution >= 4 is 40.4 Å². The van der Waals surface area contributed by atoms with Gasteiger partial charge in [-0.1, -0.05) is 29.9 Å². The van der Waals surface area contributed by atoms with Crippen LogP contribution in [0.25, 0.3) is 0 Å². The summed E-state index contributed by atoms with van der Waals surface area (Å²) in [7, 11) is 0. The summed E-state index contributed by atoms with van der Waals surface area (Å²) in [6.45, 7) is 3.99. The highest BCUT2D eigenvalue weighted by atomic mass is 35.5. The maximum Gasteiger partial charge on any atom is 0.236 e. The van der Waals surface area contributed by atoms with Gasteiger partial charge in [0.15, 0.2) is 0 Å². The second kappa shape index (κ2) is 6.02. The number of anilines is 1. The quantitative estimate of drug-likeness (QED) is 0.807. The van der Waals surface area contributed by atoms with Crippen LogP contribution in [0.1, 0.15) is 19.4 Å². The van der Waals surface area contributed by atoms with Crippen molar-refractivity contribution in [3.05, 3.63) is 28.8 Å². The van der Waals surface area contributed by atoms with E-state index in [2.05, 4.69) is 0 Å². The topological polar surface area (TPSA) is 72.3 Å².